The second-order valence-electron chi connectivity index (χ2n) is 5.56. The summed E-state index contributed by atoms with van der Waals surface area (Å²) >= 11 is 0. The molecule has 0 amide bonds. The van der Waals surface area contributed by atoms with Gasteiger partial charge in [0.05, 0.1) is 6.10 Å². The molecule has 0 aliphatic heterocycles. The Morgan fingerprint density at radius 3 is 2.67 bits per heavy atom. The van der Waals surface area contributed by atoms with Gasteiger partial charge < -0.3 is 10.4 Å². The summed E-state index contributed by atoms with van der Waals surface area (Å²) in [6.45, 7) is 4.34. The molecule has 2 N–H and O–H groups in total. The van der Waals surface area contributed by atoms with E-state index in [0.29, 0.717) is 6.04 Å². The van der Waals surface area contributed by atoms with E-state index in [1.807, 2.05) is 0 Å². The molecular formula is C16H25NO. The van der Waals surface area contributed by atoms with Gasteiger partial charge in [-0.2, -0.15) is 0 Å². The first-order valence-electron chi connectivity index (χ1n) is 7.18. The Bertz CT molecular complexity index is 377. The van der Waals surface area contributed by atoms with Gasteiger partial charge in [0.1, 0.15) is 0 Å². The Morgan fingerprint density at radius 1 is 1.17 bits per heavy atom. The van der Waals surface area contributed by atoms with E-state index in [9.17, 15) is 5.11 Å². The van der Waals surface area contributed by atoms with Crippen LogP contribution in [-0.2, 0) is 0 Å². The number of hydrogen-bond acceptors (Lipinski definition) is 2. The molecule has 0 aromatic heterocycles. The van der Waals surface area contributed by atoms with Gasteiger partial charge in [0.15, 0.2) is 0 Å². The molecule has 3 atom stereocenters. The van der Waals surface area contributed by atoms with Crippen molar-refractivity contribution in [2.24, 2.45) is 0 Å². The number of aliphatic hydroxyl groups excluding tert-OH is 1. The molecule has 0 bridgehead atoms. The largest absolute Gasteiger partial charge is 0.392 e. The molecule has 2 unspecified atom stereocenters. The monoisotopic (exact) mass is 247 g/mol. The summed E-state index contributed by atoms with van der Waals surface area (Å²) in [5.41, 5.74) is 2.66. The van der Waals surface area contributed by atoms with Crippen LogP contribution >= 0.6 is 0 Å². The normalized spacial score (nSPS) is 26.6. The Hall–Kier alpha value is -0.860. The fourth-order valence-corrected chi connectivity index (χ4v) is 2.97. The van der Waals surface area contributed by atoms with Crippen LogP contribution in [0.25, 0.3) is 0 Å². The van der Waals surface area contributed by atoms with Gasteiger partial charge in [0.25, 0.3) is 0 Å². The minimum Gasteiger partial charge on any atom is -0.392 e. The summed E-state index contributed by atoms with van der Waals surface area (Å²) in [5.74, 6) is 0. The van der Waals surface area contributed by atoms with Crippen molar-refractivity contribution in [3.63, 3.8) is 0 Å². The lowest BCUT2D eigenvalue weighted by Gasteiger charge is -2.27. The van der Waals surface area contributed by atoms with Crippen molar-refractivity contribution in [2.45, 2.75) is 64.1 Å². The third-order valence-corrected chi connectivity index (χ3v) is 4.10. The summed E-state index contributed by atoms with van der Waals surface area (Å²) < 4.78 is 0. The van der Waals surface area contributed by atoms with Gasteiger partial charge >= 0.3 is 0 Å². The number of aryl methyl sites for hydroxylation is 1. The van der Waals surface area contributed by atoms with Crippen LogP contribution in [0.4, 0.5) is 0 Å². The molecule has 0 spiro atoms. The predicted octanol–water partition coefficient (Wildman–Crippen LogP) is 3.34. The number of rotatable bonds is 3. The van der Waals surface area contributed by atoms with Crippen molar-refractivity contribution in [3.8, 4) is 0 Å². The van der Waals surface area contributed by atoms with E-state index in [4.69, 9.17) is 0 Å². The Kier molecular flexibility index (Phi) is 4.79. The third kappa shape index (κ3) is 3.33. The molecule has 0 saturated heterocycles. The zero-order chi connectivity index (χ0) is 13.0. The van der Waals surface area contributed by atoms with Crippen LogP contribution in [0.3, 0.4) is 0 Å². The highest BCUT2D eigenvalue weighted by Crippen LogP contribution is 2.23. The molecule has 18 heavy (non-hydrogen) atoms. The predicted molar refractivity (Wildman–Crippen MR) is 75.6 cm³/mol. The first-order valence-corrected chi connectivity index (χ1v) is 7.18. The van der Waals surface area contributed by atoms with Gasteiger partial charge in [-0.25, -0.2) is 0 Å². The fourth-order valence-electron chi connectivity index (χ4n) is 2.97. The fraction of sp³-hybridized carbons (Fsp3) is 0.625. The standard InChI is InChI=1S/C16H25NO/c1-12-8-6-7-9-14(12)13(2)17-15-10-4-3-5-11-16(15)18/h6-9,13,15-18H,3-5,10-11H2,1-2H3/t13-,15?,16?/m1/s1. The molecule has 1 aromatic carbocycles. The summed E-state index contributed by atoms with van der Waals surface area (Å²) in [6, 6.07) is 9.05. The van der Waals surface area contributed by atoms with Gasteiger partial charge in [-0.05, 0) is 37.8 Å². The summed E-state index contributed by atoms with van der Waals surface area (Å²) in [6.07, 6.45) is 5.51. The Balaban J connectivity index is 2.02. The van der Waals surface area contributed by atoms with E-state index in [1.165, 1.54) is 24.0 Å². The van der Waals surface area contributed by atoms with Gasteiger partial charge in [-0.15, -0.1) is 0 Å². The van der Waals surface area contributed by atoms with Crippen molar-refractivity contribution >= 4 is 0 Å². The zero-order valence-corrected chi connectivity index (χ0v) is 11.5. The molecule has 1 saturated carbocycles. The lowest BCUT2D eigenvalue weighted by Crippen LogP contribution is -2.40. The van der Waals surface area contributed by atoms with Crippen LogP contribution in [0.1, 0.15) is 56.2 Å². The first kappa shape index (κ1) is 13.6. The maximum absolute atomic E-state index is 10.2. The number of aliphatic hydroxyl groups is 1. The van der Waals surface area contributed by atoms with Gasteiger partial charge in [-0.3, -0.25) is 0 Å². The number of benzene rings is 1. The second kappa shape index (κ2) is 6.35. The van der Waals surface area contributed by atoms with E-state index in [-0.39, 0.29) is 12.1 Å². The highest BCUT2D eigenvalue weighted by molar-refractivity contribution is 5.28. The van der Waals surface area contributed by atoms with Crippen molar-refractivity contribution in [3.05, 3.63) is 35.4 Å². The molecule has 1 aliphatic carbocycles. The van der Waals surface area contributed by atoms with Crippen molar-refractivity contribution < 1.29 is 5.11 Å². The lowest BCUT2D eigenvalue weighted by atomic mass is 9.99. The van der Waals surface area contributed by atoms with Crippen LogP contribution < -0.4 is 5.32 Å². The Labute approximate surface area is 110 Å². The molecule has 100 valence electrons. The van der Waals surface area contributed by atoms with Crippen LogP contribution in [0.5, 0.6) is 0 Å². The molecule has 0 heterocycles. The van der Waals surface area contributed by atoms with E-state index in [1.54, 1.807) is 0 Å². The summed E-state index contributed by atoms with van der Waals surface area (Å²) in [7, 11) is 0. The highest BCUT2D eigenvalue weighted by atomic mass is 16.3. The molecule has 0 radical (unpaired) electrons. The van der Waals surface area contributed by atoms with E-state index < -0.39 is 0 Å². The topological polar surface area (TPSA) is 32.3 Å². The van der Waals surface area contributed by atoms with E-state index in [2.05, 4.69) is 43.4 Å². The maximum Gasteiger partial charge on any atom is 0.0693 e. The highest BCUT2D eigenvalue weighted by Gasteiger charge is 2.23. The van der Waals surface area contributed by atoms with Crippen LogP contribution in [0.2, 0.25) is 0 Å². The second-order valence-corrected chi connectivity index (χ2v) is 5.56. The average Bonchev–Trinajstić information content (AvgIpc) is 2.55. The van der Waals surface area contributed by atoms with Crippen LogP contribution in [-0.4, -0.2) is 17.3 Å². The van der Waals surface area contributed by atoms with E-state index in [0.717, 1.165) is 19.3 Å². The molecule has 2 rings (SSSR count). The molecule has 2 nitrogen and oxygen atoms in total. The van der Waals surface area contributed by atoms with Crippen LogP contribution in [0, 0.1) is 6.92 Å². The van der Waals surface area contributed by atoms with Crippen molar-refractivity contribution in [2.75, 3.05) is 0 Å². The maximum atomic E-state index is 10.2. The summed E-state index contributed by atoms with van der Waals surface area (Å²) in [4.78, 5) is 0. The lowest BCUT2D eigenvalue weighted by molar-refractivity contribution is 0.115. The van der Waals surface area contributed by atoms with Crippen LogP contribution in [0.15, 0.2) is 24.3 Å². The molecule has 1 fully saturated rings. The molecule has 1 aromatic rings. The average molecular weight is 247 g/mol. The Morgan fingerprint density at radius 2 is 1.89 bits per heavy atom. The quantitative estimate of drug-likeness (QED) is 0.803. The van der Waals surface area contributed by atoms with Gasteiger partial charge in [0.2, 0.25) is 0 Å². The SMILES string of the molecule is Cc1ccccc1[C@@H](C)NC1CCCCCC1O. The molecule has 1 aliphatic rings. The van der Waals surface area contributed by atoms with Gasteiger partial charge in [-0.1, -0.05) is 43.5 Å². The molecular weight excluding hydrogens is 222 g/mol. The van der Waals surface area contributed by atoms with Gasteiger partial charge in [0, 0.05) is 12.1 Å². The minimum atomic E-state index is -0.182. The smallest absolute Gasteiger partial charge is 0.0693 e. The third-order valence-electron chi connectivity index (χ3n) is 4.10. The van der Waals surface area contributed by atoms with Crippen molar-refractivity contribution in [1.29, 1.82) is 0 Å². The molecule has 2 heteroatoms. The van der Waals surface area contributed by atoms with Crippen molar-refractivity contribution in [1.82, 2.24) is 5.32 Å². The summed E-state index contributed by atoms with van der Waals surface area (Å²) in [5, 5.41) is 13.8. The minimum absolute atomic E-state index is 0.182. The van der Waals surface area contributed by atoms with E-state index >= 15 is 0 Å². The first-order chi connectivity index (χ1) is 8.68. The zero-order valence-electron chi connectivity index (χ0n) is 11.5. The number of nitrogens with one attached hydrogen (secondary N) is 1. The number of hydrogen-bond donors (Lipinski definition) is 2.